The van der Waals surface area contributed by atoms with Crippen LogP contribution >= 0.6 is 11.6 Å². The van der Waals surface area contributed by atoms with Crippen LogP contribution in [0.25, 0.3) is 0 Å². The Bertz CT molecular complexity index is 686. The summed E-state index contributed by atoms with van der Waals surface area (Å²) in [5, 5.41) is 3.51. The molecule has 6 heteroatoms. The molecule has 1 fully saturated rings. The van der Waals surface area contributed by atoms with Crippen LogP contribution in [-0.4, -0.2) is 37.6 Å². The zero-order chi connectivity index (χ0) is 16.2. The van der Waals surface area contributed by atoms with E-state index in [0.717, 1.165) is 30.9 Å². The molecule has 23 heavy (non-hydrogen) atoms. The van der Waals surface area contributed by atoms with E-state index in [2.05, 4.69) is 21.3 Å². The van der Waals surface area contributed by atoms with Crippen LogP contribution in [0, 0.1) is 5.92 Å². The second-order valence-corrected chi connectivity index (χ2v) is 6.15. The highest BCUT2D eigenvalue weighted by Gasteiger charge is 2.25. The lowest BCUT2D eigenvalue weighted by Gasteiger charge is -2.21. The van der Waals surface area contributed by atoms with Crippen LogP contribution in [0.4, 0.5) is 5.69 Å². The van der Waals surface area contributed by atoms with Crippen LogP contribution < -0.4 is 15.0 Å². The molecule has 5 nitrogen and oxygen atoms in total. The predicted molar refractivity (Wildman–Crippen MR) is 91.4 cm³/mol. The highest BCUT2D eigenvalue weighted by molar-refractivity contribution is 6.30. The molecule has 0 spiro atoms. The molecular weight excluding hydrogens is 314 g/mol. The Morgan fingerprint density at radius 3 is 3.04 bits per heavy atom. The van der Waals surface area contributed by atoms with E-state index in [1.54, 1.807) is 19.4 Å². The lowest BCUT2D eigenvalue weighted by atomic mass is 10.1. The standard InChI is InChI=1S/C17H20ClN3O2/c1-23-16-5-3-2-4-15(16)21-7-6-12(11-21)9-20-17(22)14-8-13(18)10-19-14/h2-5,8,10,12,19H,6-7,9,11H2,1H3,(H,20,22). The van der Waals surface area contributed by atoms with Crippen LogP contribution in [-0.2, 0) is 0 Å². The van der Waals surface area contributed by atoms with Crippen molar-refractivity contribution in [3.63, 3.8) is 0 Å². The number of carbonyl (C=O) groups excluding carboxylic acids is 1. The Labute approximate surface area is 140 Å². The van der Waals surface area contributed by atoms with Gasteiger partial charge in [0.1, 0.15) is 11.4 Å². The summed E-state index contributed by atoms with van der Waals surface area (Å²) < 4.78 is 5.42. The highest BCUT2D eigenvalue weighted by atomic mass is 35.5. The van der Waals surface area contributed by atoms with Gasteiger partial charge in [0.15, 0.2) is 0 Å². The van der Waals surface area contributed by atoms with E-state index >= 15 is 0 Å². The first kappa shape index (κ1) is 15.7. The zero-order valence-electron chi connectivity index (χ0n) is 13.0. The summed E-state index contributed by atoms with van der Waals surface area (Å²) in [7, 11) is 1.69. The van der Waals surface area contributed by atoms with Crippen molar-refractivity contribution in [2.24, 2.45) is 5.92 Å². The minimum atomic E-state index is -0.118. The largest absolute Gasteiger partial charge is 0.495 e. The van der Waals surface area contributed by atoms with E-state index in [1.165, 1.54) is 0 Å². The molecule has 1 aliphatic heterocycles. The molecule has 0 aliphatic carbocycles. The Balaban J connectivity index is 1.55. The highest BCUT2D eigenvalue weighted by Crippen LogP contribution is 2.31. The fourth-order valence-electron chi connectivity index (χ4n) is 2.94. The van der Waals surface area contributed by atoms with Crippen LogP contribution in [0.2, 0.25) is 5.02 Å². The smallest absolute Gasteiger partial charge is 0.267 e. The zero-order valence-corrected chi connectivity index (χ0v) is 13.8. The maximum Gasteiger partial charge on any atom is 0.267 e. The predicted octanol–water partition coefficient (Wildman–Crippen LogP) is 2.93. The van der Waals surface area contributed by atoms with Gasteiger partial charge < -0.3 is 19.9 Å². The molecule has 2 N–H and O–H groups in total. The summed E-state index contributed by atoms with van der Waals surface area (Å²) in [4.78, 5) is 17.2. The number of hydrogen-bond donors (Lipinski definition) is 2. The molecule has 3 rings (SSSR count). The van der Waals surface area contributed by atoms with E-state index in [1.807, 2.05) is 18.2 Å². The first-order valence-corrected chi connectivity index (χ1v) is 8.05. The van der Waals surface area contributed by atoms with Crippen LogP contribution in [0.1, 0.15) is 16.9 Å². The summed E-state index contributed by atoms with van der Waals surface area (Å²) >= 11 is 5.82. The third-order valence-electron chi connectivity index (χ3n) is 4.16. The number of halogens is 1. The van der Waals surface area contributed by atoms with Gasteiger partial charge in [0.05, 0.1) is 17.8 Å². The molecule has 122 valence electrons. The number of benzene rings is 1. The van der Waals surface area contributed by atoms with Crippen molar-refractivity contribution in [3.8, 4) is 5.75 Å². The molecule has 1 unspecified atom stereocenters. The SMILES string of the molecule is COc1ccccc1N1CCC(CNC(=O)c2cc(Cl)c[nH]2)C1. The van der Waals surface area contributed by atoms with Crippen LogP contribution in [0.15, 0.2) is 36.5 Å². The van der Waals surface area contributed by atoms with Gasteiger partial charge in [0.25, 0.3) is 5.91 Å². The van der Waals surface area contributed by atoms with E-state index in [-0.39, 0.29) is 5.91 Å². The summed E-state index contributed by atoms with van der Waals surface area (Å²) in [5.74, 6) is 1.19. The Morgan fingerprint density at radius 1 is 1.48 bits per heavy atom. The van der Waals surface area contributed by atoms with Gasteiger partial charge in [-0.25, -0.2) is 0 Å². The molecule has 0 radical (unpaired) electrons. The molecule has 0 bridgehead atoms. The molecule has 1 aromatic carbocycles. The number of amides is 1. The molecular formula is C17H20ClN3O2. The number of para-hydroxylation sites is 2. The molecule has 1 aliphatic rings. The normalized spacial score (nSPS) is 17.3. The lowest BCUT2D eigenvalue weighted by Crippen LogP contribution is -2.31. The quantitative estimate of drug-likeness (QED) is 0.884. The maximum atomic E-state index is 12.0. The number of H-pyrrole nitrogens is 1. The van der Waals surface area contributed by atoms with E-state index in [4.69, 9.17) is 16.3 Å². The van der Waals surface area contributed by atoms with Gasteiger partial charge in [0, 0.05) is 25.8 Å². The second-order valence-electron chi connectivity index (χ2n) is 5.71. The van der Waals surface area contributed by atoms with Crippen molar-refractivity contribution < 1.29 is 9.53 Å². The van der Waals surface area contributed by atoms with Crippen LogP contribution in [0.3, 0.4) is 0 Å². The Morgan fingerprint density at radius 2 is 2.30 bits per heavy atom. The number of methoxy groups -OCH3 is 1. The average Bonchev–Trinajstić information content (AvgIpc) is 3.21. The molecule has 0 saturated carbocycles. The van der Waals surface area contributed by atoms with Gasteiger partial charge in [-0.1, -0.05) is 23.7 Å². The van der Waals surface area contributed by atoms with Gasteiger partial charge >= 0.3 is 0 Å². The molecule has 1 saturated heterocycles. The number of ether oxygens (including phenoxy) is 1. The summed E-state index contributed by atoms with van der Waals surface area (Å²) in [6.45, 7) is 2.53. The summed E-state index contributed by atoms with van der Waals surface area (Å²) in [5.41, 5.74) is 1.61. The molecule has 2 heterocycles. The summed E-state index contributed by atoms with van der Waals surface area (Å²) in [6.07, 6.45) is 2.65. The Hall–Kier alpha value is -2.14. The fraction of sp³-hybridized carbons (Fsp3) is 0.353. The number of carbonyl (C=O) groups is 1. The third-order valence-corrected chi connectivity index (χ3v) is 4.37. The number of aromatic amines is 1. The van der Waals surface area contributed by atoms with Crippen molar-refractivity contribution in [2.45, 2.75) is 6.42 Å². The number of aromatic nitrogens is 1. The molecule has 1 aromatic heterocycles. The average molecular weight is 334 g/mol. The van der Waals surface area contributed by atoms with E-state index in [0.29, 0.717) is 23.2 Å². The van der Waals surface area contributed by atoms with Gasteiger partial charge in [0.2, 0.25) is 0 Å². The summed E-state index contributed by atoms with van der Waals surface area (Å²) in [6, 6.07) is 9.66. The van der Waals surface area contributed by atoms with Crippen molar-refractivity contribution in [1.29, 1.82) is 0 Å². The molecule has 2 aromatic rings. The van der Waals surface area contributed by atoms with Crippen molar-refractivity contribution >= 4 is 23.2 Å². The first-order valence-electron chi connectivity index (χ1n) is 7.67. The topological polar surface area (TPSA) is 57.4 Å². The maximum absolute atomic E-state index is 12.0. The lowest BCUT2D eigenvalue weighted by molar-refractivity contribution is 0.0944. The van der Waals surface area contributed by atoms with Gasteiger partial charge in [-0.05, 0) is 30.5 Å². The number of nitrogens with one attached hydrogen (secondary N) is 2. The van der Waals surface area contributed by atoms with Crippen molar-refractivity contribution in [1.82, 2.24) is 10.3 Å². The number of hydrogen-bond acceptors (Lipinski definition) is 3. The van der Waals surface area contributed by atoms with Gasteiger partial charge in [-0.15, -0.1) is 0 Å². The van der Waals surface area contributed by atoms with Crippen molar-refractivity contribution in [2.75, 3.05) is 31.6 Å². The second kappa shape index (κ2) is 6.96. The van der Waals surface area contributed by atoms with Gasteiger partial charge in [-0.3, -0.25) is 4.79 Å². The minimum absolute atomic E-state index is 0.118. The van der Waals surface area contributed by atoms with Crippen molar-refractivity contribution in [3.05, 3.63) is 47.2 Å². The monoisotopic (exact) mass is 333 g/mol. The van der Waals surface area contributed by atoms with E-state index < -0.39 is 0 Å². The fourth-order valence-corrected chi connectivity index (χ4v) is 3.10. The molecule has 1 atom stereocenters. The first-order chi connectivity index (χ1) is 11.2. The molecule has 1 amide bonds. The number of anilines is 1. The van der Waals surface area contributed by atoms with Crippen LogP contribution in [0.5, 0.6) is 5.75 Å². The van der Waals surface area contributed by atoms with E-state index in [9.17, 15) is 4.79 Å². The van der Waals surface area contributed by atoms with Gasteiger partial charge in [-0.2, -0.15) is 0 Å². The number of rotatable bonds is 5. The Kier molecular flexibility index (Phi) is 4.76. The third kappa shape index (κ3) is 3.62. The minimum Gasteiger partial charge on any atom is -0.495 e. The number of nitrogens with zero attached hydrogens (tertiary/aromatic N) is 1.